The number of hydrogen-bond donors (Lipinski definition) is 2. The third-order valence-corrected chi connectivity index (χ3v) is 3.35. The average Bonchev–Trinajstić information content (AvgIpc) is 2.86. The molecule has 1 amide bonds. The minimum atomic E-state index is -0.556. The van der Waals surface area contributed by atoms with Crippen LogP contribution < -0.4 is 11.0 Å². The zero-order chi connectivity index (χ0) is 15.6. The summed E-state index contributed by atoms with van der Waals surface area (Å²) in [5, 5.41) is 11.7. The number of aliphatic hydroxyl groups is 1. The van der Waals surface area contributed by atoms with E-state index in [2.05, 4.69) is 10.3 Å². The molecule has 0 radical (unpaired) electrons. The SMILES string of the molecule is CC(C)(C)C(=O)Nc1ccn([C@H]2CC[C@@H](CO)O2)c(=O)n1. The highest BCUT2D eigenvalue weighted by molar-refractivity contribution is 5.93. The largest absolute Gasteiger partial charge is 0.394 e. The average molecular weight is 295 g/mol. The number of rotatable bonds is 3. The third-order valence-electron chi connectivity index (χ3n) is 3.35. The van der Waals surface area contributed by atoms with Crippen molar-refractivity contribution in [1.29, 1.82) is 0 Å². The van der Waals surface area contributed by atoms with Crippen molar-refractivity contribution >= 4 is 11.7 Å². The molecule has 0 bridgehead atoms. The van der Waals surface area contributed by atoms with Crippen LogP contribution >= 0.6 is 0 Å². The molecule has 0 saturated carbocycles. The maximum absolute atomic E-state index is 12.0. The maximum Gasteiger partial charge on any atom is 0.351 e. The van der Waals surface area contributed by atoms with Crippen LogP contribution in [0, 0.1) is 5.41 Å². The van der Waals surface area contributed by atoms with Crippen molar-refractivity contribution in [2.45, 2.75) is 45.9 Å². The molecule has 2 N–H and O–H groups in total. The molecule has 7 heteroatoms. The van der Waals surface area contributed by atoms with E-state index in [1.54, 1.807) is 33.0 Å². The second-order valence-electron chi connectivity index (χ2n) is 6.18. The normalized spacial score (nSPS) is 22.3. The van der Waals surface area contributed by atoms with Crippen molar-refractivity contribution in [1.82, 2.24) is 9.55 Å². The van der Waals surface area contributed by atoms with Crippen LogP contribution in [0.15, 0.2) is 17.1 Å². The first kappa shape index (κ1) is 15.7. The summed E-state index contributed by atoms with van der Waals surface area (Å²) in [4.78, 5) is 27.7. The number of ether oxygens (including phenoxy) is 1. The lowest BCUT2D eigenvalue weighted by atomic mass is 9.96. The van der Waals surface area contributed by atoms with Crippen LogP contribution in [0.4, 0.5) is 5.82 Å². The van der Waals surface area contributed by atoms with Crippen molar-refractivity contribution in [3.8, 4) is 0 Å². The van der Waals surface area contributed by atoms with E-state index >= 15 is 0 Å². The second kappa shape index (κ2) is 5.95. The van der Waals surface area contributed by atoms with Crippen LogP contribution in [0.3, 0.4) is 0 Å². The molecule has 0 aromatic carbocycles. The smallest absolute Gasteiger partial charge is 0.351 e. The molecule has 0 unspecified atom stereocenters. The van der Waals surface area contributed by atoms with Crippen LogP contribution in [0.1, 0.15) is 39.8 Å². The number of carbonyl (C=O) groups excluding carboxylic acids is 1. The van der Waals surface area contributed by atoms with E-state index in [4.69, 9.17) is 9.84 Å². The molecule has 1 aliphatic rings. The van der Waals surface area contributed by atoms with E-state index in [1.807, 2.05) is 0 Å². The summed E-state index contributed by atoms with van der Waals surface area (Å²) in [6.07, 6.45) is 2.27. The molecule has 1 aromatic heterocycles. The van der Waals surface area contributed by atoms with Gasteiger partial charge in [-0.3, -0.25) is 9.36 Å². The predicted octanol–water partition coefficient (Wildman–Crippen LogP) is 0.898. The molecule has 21 heavy (non-hydrogen) atoms. The summed E-state index contributed by atoms with van der Waals surface area (Å²) < 4.78 is 6.92. The highest BCUT2D eigenvalue weighted by Gasteiger charge is 2.27. The van der Waals surface area contributed by atoms with E-state index < -0.39 is 17.3 Å². The van der Waals surface area contributed by atoms with Crippen LogP contribution in [0.2, 0.25) is 0 Å². The summed E-state index contributed by atoms with van der Waals surface area (Å²) in [5.41, 5.74) is -1.04. The molecule has 2 rings (SSSR count). The predicted molar refractivity (Wildman–Crippen MR) is 76.8 cm³/mol. The Hall–Kier alpha value is -1.73. The number of nitrogens with one attached hydrogen (secondary N) is 1. The highest BCUT2D eigenvalue weighted by atomic mass is 16.5. The van der Waals surface area contributed by atoms with Crippen molar-refractivity contribution in [2.24, 2.45) is 5.41 Å². The molecule has 7 nitrogen and oxygen atoms in total. The van der Waals surface area contributed by atoms with Gasteiger partial charge in [-0.05, 0) is 18.9 Å². The Morgan fingerprint density at radius 1 is 1.52 bits per heavy atom. The van der Waals surface area contributed by atoms with Gasteiger partial charge in [0.25, 0.3) is 0 Å². The number of carbonyl (C=O) groups is 1. The Morgan fingerprint density at radius 2 is 2.24 bits per heavy atom. The zero-order valence-electron chi connectivity index (χ0n) is 12.5. The first-order valence-corrected chi connectivity index (χ1v) is 6.98. The summed E-state index contributed by atoms with van der Waals surface area (Å²) >= 11 is 0. The fourth-order valence-corrected chi connectivity index (χ4v) is 2.03. The van der Waals surface area contributed by atoms with Crippen molar-refractivity contribution in [3.05, 3.63) is 22.7 Å². The Labute approximate surface area is 123 Å². The fraction of sp³-hybridized carbons (Fsp3) is 0.643. The Kier molecular flexibility index (Phi) is 4.43. The molecule has 116 valence electrons. The molecular formula is C14H21N3O4. The van der Waals surface area contributed by atoms with E-state index in [0.29, 0.717) is 12.8 Å². The van der Waals surface area contributed by atoms with E-state index in [0.717, 1.165) is 0 Å². The van der Waals surface area contributed by atoms with Gasteiger partial charge in [0.15, 0.2) is 0 Å². The molecule has 1 fully saturated rings. The number of aromatic nitrogens is 2. The van der Waals surface area contributed by atoms with Gasteiger partial charge in [0, 0.05) is 11.6 Å². The van der Waals surface area contributed by atoms with Gasteiger partial charge in [0.2, 0.25) is 5.91 Å². The first-order chi connectivity index (χ1) is 9.81. The molecule has 1 aromatic rings. The van der Waals surface area contributed by atoms with E-state index in [-0.39, 0.29) is 24.4 Å². The summed E-state index contributed by atoms with van der Waals surface area (Å²) in [6, 6.07) is 1.57. The monoisotopic (exact) mass is 295 g/mol. The molecule has 0 aliphatic carbocycles. The van der Waals surface area contributed by atoms with Gasteiger partial charge in [-0.1, -0.05) is 20.8 Å². The van der Waals surface area contributed by atoms with Crippen LogP contribution in [-0.4, -0.2) is 33.3 Å². The summed E-state index contributed by atoms with van der Waals surface area (Å²) in [7, 11) is 0. The lowest BCUT2D eigenvalue weighted by Gasteiger charge is -2.18. The van der Waals surface area contributed by atoms with Crippen molar-refractivity contribution in [3.63, 3.8) is 0 Å². The van der Waals surface area contributed by atoms with Crippen molar-refractivity contribution in [2.75, 3.05) is 11.9 Å². The quantitative estimate of drug-likeness (QED) is 0.864. The Balaban J connectivity index is 2.12. The van der Waals surface area contributed by atoms with Gasteiger partial charge < -0.3 is 15.2 Å². The van der Waals surface area contributed by atoms with E-state index in [9.17, 15) is 9.59 Å². The number of nitrogens with zero attached hydrogens (tertiary/aromatic N) is 2. The molecule has 2 atom stereocenters. The summed E-state index contributed by atoms with van der Waals surface area (Å²) in [6.45, 7) is 5.29. The Bertz CT molecular complexity index is 576. The number of hydrogen-bond acceptors (Lipinski definition) is 5. The van der Waals surface area contributed by atoms with Crippen LogP contribution in [0.25, 0.3) is 0 Å². The van der Waals surface area contributed by atoms with E-state index in [1.165, 1.54) is 4.57 Å². The number of aliphatic hydroxyl groups excluding tert-OH is 1. The molecular weight excluding hydrogens is 274 g/mol. The maximum atomic E-state index is 12.0. The second-order valence-corrected chi connectivity index (χ2v) is 6.18. The zero-order valence-corrected chi connectivity index (χ0v) is 12.5. The van der Waals surface area contributed by atoms with Gasteiger partial charge in [-0.15, -0.1) is 0 Å². The standard InChI is InChI=1S/C14H21N3O4/c1-14(2,3)12(19)15-10-6-7-17(13(20)16-10)11-5-4-9(8-18)21-11/h6-7,9,11,18H,4-5,8H2,1-3H3,(H,15,16,19,20)/t9-,11+/m0/s1. The highest BCUT2D eigenvalue weighted by Crippen LogP contribution is 2.26. The number of amides is 1. The van der Waals surface area contributed by atoms with Crippen LogP contribution in [-0.2, 0) is 9.53 Å². The number of anilines is 1. The van der Waals surface area contributed by atoms with Crippen molar-refractivity contribution < 1.29 is 14.6 Å². The topological polar surface area (TPSA) is 93.5 Å². The van der Waals surface area contributed by atoms with Gasteiger partial charge in [0.1, 0.15) is 12.0 Å². The first-order valence-electron chi connectivity index (χ1n) is 6.98. The van der Waals surface area contributed by atoms with Gasteiger partial charge >= 0.3 is 5.69 Å². The molecule has 2 heterocycles. The lowest BCUT2D eigenvalue weighted by molar-refractivity contribution is -0.123. The third kappa shape index (κ3) is 3.68. The fourth-order valence-electron chi connectivity index (χ4n) is 2.03. The van der Waals surface area contributed by atoms with Gasteiger partial charge in [0.05, 0.1) is 12.7 Å². The van der Waals surface area contributed by atoms with Gasteiger partial charge in [-0.25, -0.2) is 4.79 Å². The van der Waals surface area contributed by atoms with Gasteiger partial charge in [-0.2, -0.15) is 4.98 Å². The molecule has 1 saturated heterocycles. The minimum Gasteiger partial charge on any atom is -0.394 e. The minimum absolute atomic E-state index is 0.0571. The summed E-state index contributed by atoms with van der Waals surface area (Å²) in [5.74, 6) is 0.0255. The molecule has 1 aliphatic heterocycles. The molecule has 0 spiro atoms. The van der Waals surface area contributed by atoms with Crippen LogP contribution in [0.5, 0.6) is 0 Å². The lowest BCUT2D eigenvalue weighted by Crippen LogP contribution is -2.31. The Morgan fingerprint density at radius 3 is 2.76 bits per heavy atom.